The van der Waals surface area contributed by atoms with Gasteiger partial charge in [0, 0.05) is 44.0 Å². The van der Waals surface area contributed by atoms with Crippen molar-refractivity contribution in [3.63, 3.8) is 0 Å². The van der Waals surface area contributed by atoms with Crippen LogP contribution in [0, 0.1) is 0 Å². The third-order valence-electron chi connectivity index (χ3n) is 6.57. The number of carbonyl (C=O) groups excluding carboxylic acids is 4. The van der Waals surface area contributed by atoms with E-state index in [9.17, 15) is 19.2 Å². The number of nitrogens with zero attached hydrogens (tertiary/aromatic N) is 2. The maximum absolute atomic E-state index is 13.0. The van der Waals surface area contributed by atoms with Crippen LogP contribution in [0.3, 0.4) is 0 Å². The zero-order chi connectivity index (χ0) is 23.7. The van der Waals surface area contributed by atoms with Crippen LogP contribution >= 0.6 is 0 Å². The number of rotatable bonds is 5. The first-order valence-corrected chi connectivity index (χ1v) is 11.7. The first kappa shape index (κ1) is 22.1. The molecule has 2 aromatic carbocycles. The van der Waals surface area contributed by atoms with Gasteiger partial charge >= 0.3 is 0 Å². The van der Waals surface area contributed by atoms with E-state index in [0.717, 1.165) is 48.8 Å². The summed E-state index contributed by atoms with van der Waals surface area (Å²) in [6, 6.07) is 12.5. The molecule has 0 bridgehead atoms. The molecule has 2 fully saturated rings. The van der Waals surface area contributed by atoms with E-state index in [0.29, 0.717) is 12.1 Å². The van der Waals surface area contributed by atoms with Crippen molar-refractivity contribution in [1.82, 2.24) is 15.5 Å². The Morgan fingerprint density at radius 3 is 2.50 bits per heavy atom. The Bertz CT molecular complexity index is 1140. The minimum Gasteiger partial charge on any atom is -0.381 e. The van der Waals surface area contributed by atoms with Crippen LogP contribution in [0.4, 0.5) is 11.4 Å². The average Bonchev–Trinajstić information content (AvgIpc) is 3.02. The van der Waals surface area contributed by atoms with Gasteiger partial charge in [0.25, 0.3) is 11.8 Å². The molecule has 0 aromatic heterocycles. The highest BCUT2D eigenvalue weighted by Crippen LogP contribution is 2.28. The molecule has 3 aliphatic heterocycles. The summed E-state index contributed by atoms with van der Waals surface area (Å²) < 4.78 is 0. The quantitative estimate of drug-likeness (QED) is 0.579. The normalized spacial score (nSPS) is 20.8. The molecule has 1 unspecified atom stereocenters. The second-order valence-corrected chi connectivity index (χ2v) is 8.82. The van der Waals surface area contributed by atoms with E-state index in [2.05, 4.69) is 33.0 Å². The van der Waals surface area contributed by atoms with Gasteiger partial charge in [0.1, 0.15) is 6.04 Å². The number of piperidine rings is 1. The topological polar surface area (TPSA) is 111 Å². The van der Waals surface area contributed by atoms with Crippen LogP contribution in [0.1, 0.15) is 45.5 Å². The Morgan fingerprint density at radius 2 is 1.71 bits per heavy atom. The number of hydrogen-bond donors (Lipinski definition) is 3. The molecular formula is C25H27N5O4. The van der Waals surface area contributed by atoms with Crippen LogP contribution in [-0.4, -0.2) is 60.7 Å². The summed E-state index contributed by atoms with van der Waals surface area (Å²) in [4.78, 5) is 52.8. The van der Waals surface area contributed by atoms with E-state index in [1.165, 1.54) is 5.69 Å². The fourth-order valence-electron chi connectivity index (χ4n) is 4.73. The van der Waals surface area contributed by atoms with Crippen molar-refractivity contribution in [3.8, 4) is 0 Å². The van der Waals surface area contributed by atoms with Crippen molar-refractivity contribution in [2.75, 3.05) is 36.4 Å². The Labute approximate surface area is 197 Å². The van der Waals surface area contributed by atoms with Crippen molar-refractivity contribution in [3.05, 3.63) is 59.2 Å². The van der Waals surface area contributed by atoms with E-state index >= 15 is 0 Å². The minimum atomic E-state index is -0.954. The fourth-order valence-corrected chi connectivity index (χ4v) is 4.73. The third-order valence-corrected chi connectivity index (χ3v) is 6.57. The lowest BCUT2D eigenvalue weighted by Gasteiger charge is -2.27. The van der Waals surface area contributed by atoms with Gasteiger partial charge in [-0.3, -0.25) is 29.4 Å². The van der Waals surface area contributed by atoms with Crippen LogP contribution in [0.25, 0.3) is 0 Å². The molecule has 3 heterocycles. The molecule has 9 nitrogen and oxygen atoms in total. The summed E-state index contributed by atoms with van der Waals surface area (Å²) in [6.45, 7) is 4.55. The monoisotopic (exact) mass is 461 g/mol. The molecule has 3 N–H and O–H groups in total. The Balaban J connectivity index is 1.25. The first-order valence-electron chi connectivity index (χ1n) is 11.7. The number of imide groups is 2. The molecule has 34 heavy (non-hydrogen) atoms. The number of benzene rings is 2. The summed E-state index contributed by atoms with van der Waals surface area (Å²) in [5, 5.41) is 8.99. The molecule has 0 spiro atoms. The molecule has 0 saturated carbocycles. The molecular weight excluding hydrogens is 434 g/mol. The van der Waals surface area contributed by atoms with Crippen molar-refractivity contribution >= 4 is 35.0 Å². The molecule has 0 radical (unpaired) electrons. The van der Waals surface area contributed by atoms with Gasteiger partial charge in [-0.2, -0.15) is 0 Å². The fraction of sp³-hybridized carbons (Fsp3) is 0.360. The average molecular weight is 462 g/mol. The van der Waals surface area contributed by atoms with Crippen LogP contribution in [0.2, 0.25) is 0 Å². The maximum atomic E-state index is 13.0. The molecule has 2 saturated heterocycles. The second-order valence-electron chi connectivity index (χ2n) is 8.82. The van der Waals surface area contributed by atoms with E-state index in [-0.39, 0.29) is 24.3 Å². The van der Waals surface area contributed by atoms with E-state index < -0.39 is 23.8 Å². The minimum absolute atomic E-state index is 0.104. The smallest absolute Gasteiger partial charge is 0.262 e. The van der Waals surface area contributed by atoms with Gasteiger partial charge in [0.15, 0.2) is 0 Å². The molecule has 4 amide bonds. The van der Waals surface area contributed by atoms with E-state index in [1.807, 2.05) is 18.2 Å². The van der Waals surface area contributed by atoms with Gasteiger partial charge in [-0.05, 0) is 61.3 Å². The third kappa shape index (κ3) is 4.26. The zero-order valence-electron chi connectivity index (χ0n) is 18.8. The lowest BCUT2D eigenvalue weighted by atomic mass is 10.0. The predicted octanol–water partition coefficient (Wildman–Crippen LogP) is 1.50. The summed E-state index contributed by atoms with van der Waals surface area (Å²) in [5.74, 6) is -1.98. The lowest BCUT2D eigenvalue weighted by Crippen LogP contribution is -2.54. The number of carbonyl (C=O) groups is 4. The second kappa shape index (κ2) is 9.26. The van der Waals surface area contributed by atoms with Gasteiger partial charge in [-0.15, -0.1) is 0 Å². The number of amides is 4. The van der Waals surface area contributed by atoms with Gasteiger partial charge in [-0.25, -0.2) is 0 Å². The summed E-state index contributed by atoms with van der Waals surface area (Å²) in [5.41, 5.74) is 3.59. The van der Waals surface area contributed by atoms with Crippen LogP contribution in [0.5, 0.6) is 0 Å². The maximum Gasteiger partial charge on any atom is 0.262 e. The Hall–Kier alpha value is -3.72. The predicted molar refractivity (Wildman–Crippen MR) is 127 cm³/mol. The van der Waals surface area contributed by atoms with Gasteiger partial charge in [0.05, 0.1) is 11.1 Å². The summed E-state index contributed by atoms with van der Waals surface area (Å²) >= 11 is 0. The Kier molecular flexibility index (Phi) is 6.02. The first-order chi connectivity index (χ1) is 16.5. The number of hydrogen-bond acceptors (Lipinski definition) is 7. The van der Waals surface area contributed by atoms with Crippen molar-refractivity contribution in [1.29, 1.82) is 0 Å². The molecule has 5 rings (SSSR count). The molecule has 0 aliphatic carbocycles. The van der Waals surface area contributed by atoms with Crippen molar-refractivity contribution in [2.45, 2.75) is 31.8 Å². The van der Waals surface area contributed by atoms with Crippen LogP contribution in [-0.2, 0) is 16.1 Å². The van der Waals surface area contributed by atoms with Crippen LogP contribution < -0.4 is 20.9 Å². The van der Waals surface area contributed by atoms with Gasteiger partial charge in [0.2, 0.25) is 11.8 Å². The lowest BCUT2D eigenvalue weighted by molar-refractivity contribution is -0.136. The van der Waals surface area contributed by atoms with Crippen LogP contribution in [0.15, 0.2) is 42.5 Å². The van der Waals surface area contributed by atoms with Gasteiger partial charge < -0.3 is 15.5 Å². The number of anilines is 2. The van der Waals surface area contributed by atoms with Crippen molar-refractivity contribution < 1.29 is 19.2 Å². The molecule has 1 atom stereocenters. The van der Waals surface area contributed by atoms with E-state index in [1.54, 1.807) is 12.1 Å². The number of fused-ring (bicyclic) bond motifs is 1. The number of nitrogens with one attached hydrogen (secondary N) is 3. The largest absolute Gasteiger partial charge is 0.381 e. The summed E-state index contributed by atoms with van der Waals surface area (Å²) in [7, 11) is 0. The zero-order valence-corrected chi connectivity index (χ0v) is 18.8. The van der Waals surface area contributed by atoms with Gasteiger partial charge in [-0.1, -0.05) is 6.07 Å². The summed E-state index contributed by atoms with van der Waals surface area (Å²) in [6.07, 6.45) is 1.38. The highest BCUT2D eigenvalue weighted by atomic mass is 16.2. The molecule has 3 aliphatic rings. The molecule has 9 heteroatoms. The Morgan fingerprint density at radius 1 is 0.912 bits per heavy atom. The highest BCUT2D eigenvalue weighted by Gasteiger charge is 2.44. The molecule has 2 aromatic rings. The SMILES string of the molecule is O=C1CCC(N2C(=O)c3ccc(CNc4ccc(N5CCCNCC5)cc4)cc3C2=O)C(=O)N1. The molecule has 176 valence electrons. The standard InChI is InChI=1S/C25H27N5O4/c31-22-9-8-21(23(32)28-22)30-24(33)19-7-2-16(14-20(19)25(30)34)15-27-17-3-5-18(6-4-17)29-12-1-10-26-11-13-29/h2-7,14,21,26-27H,1,8-13,15H2,(H,28,31,32). The van der Waals surface area contributed by atoms with E-state index in [4.69, 9.17) is 0 Å². The highest BCUT2D eigenvalue weighted by molar-refractivity contribution is 6.23. The van der Waals surface area contributed by atoms with Crippen molar-refractivity contribution in [2.24, 2.45) is 0 Å².